The molecule has 1 aliphatic heterocycles. The van der Waals surface area contributed by atoms with E-state index in [1.165, 1.54) is 18.2 Å². The first-order chi connectivity index (χ1) is 11.0. The maximum Gasteiger partial charge on any atom is 0.229 e. The van der Waals surface area contributed by atoms with Gasteiger partial charge in [0.15, 0.2) is 0 Å². The quantitative estimate of drug-likeness (QED) is 0.857. The maximum atomic E-state index is 13.1. The van der Waals surface area contributed by atoms with Crippen LogP contribution in [-0.4, -0.2) is 33.5 Å². The SMILES string of the molecule is CC(Cc1nc(-c2ccc(F)cc2Cl)no1)N1CCCCC1=O. The number of aromatic nitrogens is 2. The van der Waals surface area contributed by atoms with Crippen LogP contribution in [0.15, 0.2) is 22.7 Å². The van der Waals surface area contributed by atoms with Crippen molar-refractivity contribution in [2.45, 2.75) is 38.6 Å². The van der Waals surface area contributed by atoms with Crippen LogP contribution in [0.25, 0.3) is 11.4 Å². The lowest BCUT2D eigenvalue weighted by Crippen LogP contribution is -2.42. The van der Waals surface area contributed by atoms with E-state index >= 15 is 0 Å². The molecule has 1 saturated heterocycles. The topological polar surface area (TPSA) is 59.2 Å². The predicted octanol–water partition coefficient (Wildman–Crippen LogP) is 3.47. The van der Waals surface area contributed by atoms with E-state index in [4.69, 9.17) is 16.1 Å². The number of amides is 1. The van der Waals surface area contributed by atoms with E-state index in [1.54, 1.807) is 0 Å². The molecule has 1 aromatic carbocycles. The fourth-order valence-electron chi connectivity index (χ4n) is 2.77. The highest BCUT2D eigenvalue weighted by molar-refractivity contribution is 6.33. The van der Waals surface area contributed by atoms with E-state index in [2.05, 4.69) is 10.1 Å². The summed E-state index contributed by atoms with van der Waals surface area (Å²) in [6, 6.07) is 4.03. The molecule has 0 radical (unpaired) electrons. The smallest absolute Gasteiger partial charge is 0.229 e. The fraction of sp³-hybridized carbons (Fsp3) is 0.438. The zero-order valence-corrected chi connectivity index (χ0v) is 13.5. The van der Waals surface area contributed by atoms with Crippen molar-refractivity contribution in [1.29, 1.82) is 0 Å². The summed E-state index contributed by atoms with van der Waals surface area (Å²) in [7, 11) is 0. The molecule has 7 heteroatoms. The van der Waals surface area contributed by atoms with E-state index < -0.39 is 5.82 Å². The zero-order chi connectivity index (χ0) is 16.4. The molecular weight excluding hydrogens is 321 g/mol. The Bertz CT molecular complexity index is 719. The number of likely N-dealkylation sites (tertiary alicyclic amines) is 1. The van der Waals surface area contributed by atoms with Crippen LogP contribution in [0.2, 0.25) is 5.02 Å². The van der Waals surface area contributed by atoms with E-state index in [0.717, 1.165) is 19.4 Å². The molecule has 122 valence electrons. The summed E-state index contributed by atoms with van der Waals surface area (Å²) in [5.41, 5.74) is 0.518. The Balaban J connectivity index is 1.73. The van der Waals surface area contributed by atoms with E-state index in [0.29, 0.717) is 30.1 Å². The third-order valence-electron chi connectivity index (χ3n) is 4.00. The molecule has 1 fully saturated rings. The zero-order valence-electron chi connectivity index (χ0n) is 12.8. The minimum absolute atomic E-state index is 0.000195. The molecule has 3 rings (SSSR count). The lowest BCUT2D eigenvalue weighted by Gasteiger charge is -2.31. The minimum atomic E-state index is -0.417. The number of rotatable bonds is 4. The molecule has 1 aromatic heterocycles. The minimum Gasteiger partial charge on any atom is -0.339 e. The van der Waals surface area contributed by atoms with Gasteiger partial charge in [0.25, 0.3) is 0 Å². The molecule has 5 nitrogen and oxygen atoms in total. The molecule has 1 unspecified atom stereocenters. The third kappa shape index (κ3) is 3.52. The van der Waals surface area contributed by atoms with Gasteiger partial charge in [0, 0.05) is 31.0 Å². The van der Waals surface area contributed by atoms with Gasteiger partial charge in [-0.2, -0.15) is 4.98 Å². The van der Waals surface area contributed by atoms with Gasteiger partial charge in [-0.3, -0.25) is 4.79 Å². The first-order valence-corrected chi connectivity index (χ1v) is 8.00. The molecule has 0 aliphatic carbocycles. The van der Waals surface area contributed by atoms with Crippen molar-refractivity contribution in [1.82, 2.24) is 15.0 Å². The van der Waals surface area contributed by atoms with Crippen LogP contribution in [0.3, 0.4) is 0 Å². The number of nitrogens with zero attached hydrogens (tertiary/aromatic N) is 3. The average molecular weight is 338 g/mol. The summed E-state index contributed by atoms with van der Waals surface area (Å²) in [5, 5.41) is 4.13. The monoisotopic (exact) mass is 337 g/mol. The van der Waals surface area contributed by atoms with Crippen LogP contribution < -0.4 is 0 Å². The number of hydrogen-bond donors (Lipinski definition) is 0. The molecule has 0 bridgehead atoms. The van der Waals surface area contributed by atoms with Gasteiger partial charge >= 0.3 is 0 Å². The maximum absolute atomic E-state index is 13.1. The Hall–Kier alpha value is -1.95. The van der Waals surface area contributed by atoms with Crippen LogP contribution in [0, 0.1) is 5.82 Å². The molecule has 23 heavy (non-hydrogen) atoms. The second-order valence-corrected chi connectivity index (χ2v) is 6.14. The molecule has 0 N–H and O–H groups in total. The van der Waals surface area contributed by atoms with Gasteiger partial charge in [-0.1, -0.05) is 16.8 Å². The summed E-state index contributed by atoms with van der Waals surface area (Å²) in [5.74, 6) is 0.512. The van der Waals surface area contributed by atoms with Crippen LogP contribution in [0.5, 0.6) is 0 Å². The van der Waals surface area contributed by atoms with Crippen LogP contribution in [0.4, 0.5) is 4.39 Å². The fourth-order valence-corrected chi connectivity index (χ4v) is 3.03. The van der Waals surface area contributed by atoms with Gasteiger partial charge < -0.3 is 9.42 Å². The van der Waals surface area contributed by atoms with Crippen molar-refractivity contribution in [2.24, 2.45) is 0 Å². The largest absolute Gasteiger partial charge is 0.339 e. The Kier molecular flexibility index (Phi) is 4.61. The van der Waals surface area contributed by atoms with E-state index in [-0.39, 0.29) is 17.0 Å². The van der Waals surface area contributed by atoms with Crippen molar-refractivity contribution in [3.63, 3.8) is 0 Å². The summed E-state index contributed by atoms with van der Waals surface area (Å²) in [4.78, 5) is 18.1. The second-order valence-electron chi connectivity index (χ2n) is 5.73. The summed E-state index contributed by atoms with van der Waals surface area (Å²) in [6.45, 7) is 2.74. The number of carbonyl (C=O) groups excluding carboxylic acids is 1. The summed E-state index contributed by atoms with van der Waals surface area (Å²) < 4.78 is 18.3. The van der Waals surface area contributed by atoms with Gasteiger partial charge in [0.1, 0.15) is 5.82 Å². The molecule has 1 aliphatic rings. The molecule has 1 amide bonds. The Morgan fingerprint density at radius 2 is 2.26 bits per heavy atom. The number of carbonyl (C=O) groups is 1. The number of benzene rings is 1. The Morgan fingerprint density at radius 1 is 1.43 bits per heavy atom. The highest BCUT2D eigenvalue weighted by Crippen LogP contribution is 2.26. The average Bonchev–Trinajstić information content (AvgIpc) is 2.95. The predicted molar refractivity (Wildman–Crippen MR) is 83.4 cm³/mol. The van der Waals surface area contributed by atoms with E-state index in [1.807, 2.05) is 11.8 Å². The van der Waals surface area contributed by atoms with E-state index in [9.17, 15) is 9.18 Å². The van der Waals surface area contributed by atoms with Gasteiger partial charge in [0.05, 0.1) is 5.02 Å². The highest BCUT2D eigenvalue weighted by Gasteiger charge is 2.25. The lowest BCUT2D eigenvalue weighted by molar-refractivity contribution is -0.135. The first kappa shape index (κ1) is 15.9. The second kappa shape index (κ2) is 6.66. The molecule has 0 spiro atoms. The van der Waals surface area contributed by atoms with Gasteiger partial charge in [-0.05, 0) is 38.0 Å². The van der Waals surface area contributed by atoms with Crippen molar-refractivity contribution >= 4 is 17.5 Å². The van der Waals surface area contributed by atoms with Gasteiger partial charge in [-0.25, -0.2) is 4.39 Å². The lowest BCUT2D eigenvalue weighted by atomic mass is 10.1. The normalized spacial score (nSPS) is 16.7. The number of hydrogen-bond acceptors (Lipinski definition) is 4. The summed E-state index contributed by atoms with van der Waals surface area (Å²) in [6.07, 6.45) is 3.06. The van der Waals surface area contributed by atoms with Crippen molar-refractivity contribution in [3.05, 3.63) is 34.9 Å². The summed E-state index contributed by atoms with van der Waals surface area (Å²) >= 11 is 6.01. The van der Waals surface area contributed by atoms with Crippen molar-refractivity contribution < 1.29 is 13.7 Å². The van der Waals surface area contributed by atoms with Crippen LogP contribution >= 0.6 is 11.6 Å². The number of piperidine rings is 1. The van der Waals surface area contributed by atoms with Crippen molar-refractivity contribution in [2.75, 3.05) is 6.54 Å². The molecule has 2 heterocycles. The number of halogens is 2. The highest BCUT2D eigenvalue weighted by atomic mass is 35.5. The van der Waals surface area contributed by atoms with Crippen molar-refractivity contribution in [3.8, 4) is 11.4 Å². The molecule has 0 saturated carbocycles. The molecular formula is C16H17ClFN3O2. The molecule has 1 atom stereocenters. The van der Waals surface area contributed by atoms with Crippen LogP contribution in [-0.2, 0) is 11.2 Å². The molecule has 2 aromatic rings. The Morgan fingerprint density at radius 3 is 3.00 bits per heavy atom. The Labute approximate surface area is 138 Å². The van der Waals surface area contributed by atoms with Gasteiger partial charge in [-0.15, -0.1) is 0 Å². The first-order valence-electron chi connectivity index (χ1n) is 7.62. The van der Waals surface area contributed by atoms with Crippen LogP contribution in [0.1, 0.15) is 32.1 Å². The standard InChI is InChI=1S/C16H17ClFN3O2/c1-10(21-7-3-2-4-15(21)22)8-14-19-16(20-23-14)12-6-5-11(18)9-13(12)17/h5-6,9-10H,2-4,7-8H2,1H3. The third-order valence-corrected chi connectivity index (χ3v) is 4.31. The van der Waals surface area contributed by atoms with Gasteiger partial charge in [0.2, 0.25) is 17.6 Å².